The van der Waals surface area contributed by atoms with Crippen LogP contribution in [0.25, 0.3) is 0 Å². The van der Waals surface area contributed by atoms with Gasteiger partial charge in [0.25, 0.3) is 0 Å². The van der Waals surface area contributed by atoms with Gasteiger partial charge >= 0.3 is 0 Å². The Bertz CT molecular complexity index is 236. The molecule has 0 fully saturated rings. The maximum Gasteiger partial charge on any atom is 0.0959 e. The standard InChI is InChI=1S/C12H19ClNS/c1-2-3-4-5-6-11(7-8-13)12-14-9-10-15-12/h6,9-11H,2-5,7-8H2,1H3. The van der Waals surface area contributed by atoms with Crippen LogP contribution in [0.2, 0.25) is 0 Å². The van der Waals surface area contributed by atoms with Crippen LogP contribution in [0.15, 0.2) is 11.6 Å². The maximum atomic E-state index is 5.81. The van der Waals surface area contributed by atoms with Crippen molar-refractivity contribution in [2.45, 2.75) is 44.9 Å². The highest BCUT2D eigenvalue weighted by molar-refractivity contribution is 7.09. The summed E-state index contributed by atoms with van der Waals surface area (Å²) in [6.45, 7) is 2.23. The van der Waals surface area contributed by atoms with Crippen molar-refractivity contribution < 1.29 is 0 Å². The SMILES string of the molecule is CCCCC[CH]C(CCCl)c1nccs1. The normalized spacial score (nSPS) is 12.9. The molecule has 1 unspecified atom stereocenters. The predicted molar refractivity (Wildman–Crippen MR) is 68.6 cm³/mol. The first-order valence-electron chi connectivity index (χ1n) is 5.67. The second-order valence-corrected chi connectivity index (χ2v) is 4.99. The zero-order valence-electron chi connectivity index (χ0n) is 9.29. The van der Waals surface area contributed by atoms with Crippen LogP contribution >= 0.6 is 22.9 Å². The summed E-state index contributed by atoms with van der Waals surface area (Å²) in [5, 5.41) is 3.25. The topological polar surface area (TPSA) is 12.9 Å². The Labute approximate surface area is 102 Å². The molecule has 0 spiro atoms. The van der Waals surface area contributed by atoms with Crippen LogP contribution in [0, 0.1) is 6.42 Å². The van der Waals surface area contributed by atoms with Crippen molar-refractivity contribution in [2.24, 2.45) is 0 Å². The van der Waals surface area contributed by atoms with E-state index in [-0.39, 0.29) is 0 Å². The molecule has 1 aromatic heterocycles. The van der Waals surface area contributed by atoms with Gasteiger partial charge in [-0.15, -0.1) is 22.9 Å². The van der Waals surface area contributed by atoms with Gasteiger partial charge in [0.1, 0.15) is 0 Å². The highest BCUT2D eigenvalue weighted by Gasteiger charge is 2.13. The summed E-state index contributed by atoms with van der Waals surface area (Å²) in [4.78, 5) is 4.36. The number of nitrogens with zero attached hydrogens (tertiary/aromatic N) is 1. The van der Waals surface area contributed by atoms with Crippen molar-refractivity contribution in [3.8, 4) is 0 Å². The van der Waals surface area contributed by atoms with E-state index in [0.717, 1.165) is 6.42 Å². The summed E-state index contributed by atoms with van der Waals surface area (Å²) in [5.74, 6) is 1.19. The summed E-state index contributed by atoms with van der Waals surface area (Å²) in [5.41, 5.74) is 0. The van der Waals surface area contributed by atoms with Crippen LogP contribution in [0.5, 0.6) is 0 Å². The summed E-state index contributed by atoms with van der Waals surface area (Å²) >= 11 is 7.54. The van der Waals surface area contributed by atoms with Gasteiger partial charge in [-0.1, -0.05) is 26.2 Å². The van der Waals surface area contributed by atoms with Crippen LogP contribution in [0.1, 0.15) is 50.0 Å². The lowest BCUT2D eigenvalue weighted by Gasteiger charge is -2.11. The average Bonchev–Trinajstić information content (AvgIpc) is 2.76. The van der Waals surface area contributed by atoms with E-state index >= 15 is 0 Å². The van der Waals surface area contributed by atoms with Crippen molar-refractivity contribution in [3.63, 3.8) is 0 Å². The zero-order valence-corrected chi connectivity index (χ0v) is 10.9. The summed E-state index contributed by atoms with van der Waals surface area (Å²) in [6, 6.07) is 0. The number of thiazole rings is 1. The molecule has 1 radical (unpaired) electrons. The number of alkyl halides is 1. The molecule has 3 heteroatoms. The van der Waals surface area contributed by atoms with Crippen LogP contribution < -0.4 is 0 Å². The zero-order chi connectivity index (χ0) is 10.9. The number of hydrogen-bond acceptors (Lipinski definition) is 2. The smallest absolute Gasteiger partial charge is 0.0959 e. The number of unbranched alkanes of at least 4 members (excludes halogenated alkanes) is 3. The van der Waals surface area contributed by atoms with Crippen LogP contribution in [-0.2, 0) is 0 Å². The minimum atomic E-state index is 0.472. The lowest BCUT2D eigenvalue weighted by atomic mass is 9.99. The lowest BCUT2D eigenvalue weighted by Crippen LogP contribution is -2.00. The number of halogens is 1. The van der Waals surface area contributed by atoms with Gasteiger partial charge in [0.05, 0.1) is 5.01 Å². The van der Waals surface area contributed by atoms with Gasteiger partial charge < -0.3 is 0 Å². The molecule has 1 aromatic rings. The van der Waals surface area contributed by atoms with Crippen molar-refractivity contribution >= 4 is 22.9 Å². The second-order valence-electron chi connectivity index (χ2n) is 3.69. The molecule has 1 rings (SSSR count). The Morgan fingerprint density at radius 1 is 1.53 bits per heavy atom. The molecular weight excluding hydrogens is 226 g/mol. The van der Waals surface area contributed by atoms with Gasteiger partial charge in [0.2, 0.25) is 0 Å². The molecule has 85 valence electrons. The molecule has 0 N–H and O–H groups in total. The van der Waals surface area contributed by atoms with E-state index in [0.29, 0.717) is 11.8 Å². The number of rotatable bonds is 8. The summed E-state index contributed by atoms with van der Waals surface area (Å²) < 4.78 is 0. The van der Waals surface area contributed by atoms with Crippen molar-refractivity contribution in [1.82, 2.24) is 4.98 Å². The van der Waals surface area contributed by atoms with Crippen LogP contribution in [-0.4, -0.2) is 10.9 Å². The molecule has 0 amide bonds. The quantitative estimate of drug-likeness (QED) is 0.480. The molecule has 0 aliphatic carbocycles. The molecule has 0 bridgehead atoms. The van der Waals surface area contributed by atoms with Crippen molar-refractivity contribution in [2.75, 3.05) is 5.88 Å². The highest BCUT2D eigenvalue weighted by Crippen LogP contribution is 2.27. The first-order chi connectivity index (χ1) is 7.38. The predicted octanol–water partition coefficient (Wildman–Crippen LogP) is 4.64. The average molecular weight is 245 g/mol. The Kier molecular flexibility index (Phi) is 7.03. The van der Waals surface area contributed by atoms with Crippen molar-refractivity contribution in [3.05, 3.63) is 23.0 Å². The minimum absolute atomic E-state index is 0.472. The van der Waals surface area contributed by atoms with E-state index in [1.165, 1.54) is 30.7 Å². The van der Waals surface area contributed by atoms with Gasteiger partial charge in [-0.3, -0.25) is 0 Å². The monoisotopic (exact) mass is 244 g/mol. The number of aromatic nitrogens is 1. The fraction of sp³-hybridized carbons (Fsp3) is 0.667. The van der Waals surface area contributed by atoms with Gasteiger partial charge in [0.15, 0.2) is 0 Å². The third-order valence-corrected chi connectivity index (χ3v) is 3.57. The molecule has 1 atom stereocenters. The molecule has 0 aliphatic rings. The maximum absolute atomic E-state index is 5.81. The Morgan fingerprint density at radius 2 is 2.40 bits per heavy atom. The van der Waals surface area contributed by atoms with Crippen LogP contribution in [0.4, 0.5) is 0 Å². The number of hydrogen-bond donors (Lipinski definition) is 0. The molecule has 0 aromatic carbocycles. The Balaban J connectivity index is 2.31. The van der Waals surface area contributed by atoms with E-state index in [2.05, 4.69) is 18.3 Å². The molecule has 0 saturated heterocycles. The molecule has 1 nitrogen and oxygen atoms in total. The van der Waals surface area contributed by atoms with E-state index in [9.17, 15) is 0 Å². The fourth-order valence-corrected chi connectivity index (χ4v) is 2.60. The fourth-order valence-electron chi connectivity index (χ4n) is 1.59. The minimum Gasteiger partial charge on any atom is -0.249 e. The van der Waals surface area contributed by atoms with Gasteiger partial charge in [-0.2, -0.15) is 0 Å². The van der Waals surface area contributed by atoms with E-state index in [1.54, 1.807) is 11.3 Å². The first kappa shape index (κ1) is 13.0. The largest absolute Gasteiger partial charge is 0.249 e. The molecule has 0 saturated carbocycles. The van der Waals surface area contributed by atoms with Gasteiger partial charge in [0, 0.05) is 23.4 Å². The lowest BCUT2D eigenvalue weighted by molar-refractivity contribution is 0.647. The van der Waals surface area contributed by atoms with Crippen molar-refractivity contribution in [1.29, 1.82) is 0 Å². The van der Waals surface area contributed by atoms with Gasteiger partial charge in [-0.25, -0.2) is 4.98 Å². The Hall–Kier alpha value is -0.0800. The highest BCUT2D eigenvalue weighted by atomic mass is 35.5. The van der Waals surface area contributed by atoms with E-state index in [1.807, 2.05) is 11.6 Å². The summed E-state index contributed by atoms with van der Waals surface area (Å²) in [6.07, 6.45) is 10.4. The Morgan fingerprint density at radius 3 is 3.00 bits per heavy atom. The molecular formula is C12H19ClNS. The van der Waals surface area contributed by atoms with E-state index < -0.39 is 0 Å². The molecule has 1 heterocycles. The van der Waals surface area contributed by atoms with Gasteiger partial charge in [-0.05, 0) is 19.3 Å². The van der Waals surface area contributed by atoms with Crippen LogP contribution in [0.3, 0.4) is 0 Å². The third kappa shape index (κ3) is 4.98. The third-order valence-electron chi connectivity index (χ3n) is 2.45. The molecule has 15 heavy (non-hydrogen) atoms. The summed E-state index contributed by atoms with van der Waals surface area (Å²) in [7, 11) is 0. The first-order valence-corrected chi connectivity index (χ1v) is 7.08. The second kappa shape index (κ2) is 8.12. The molecule has 0 aliphatic heterocycles. The van der Waals surface area contributed by atoms with E-state index in [4.69, 9.17) is 11.6 Å².